The van der Waals surface area contributed by atoms with Gasteiger partial charge in [-0.1, -0.05) is 90.5 Å². The number of carbonyl (C=O) groups excluding carboxylic acids is 1. The third-order valence-corrected chi connectivity index (χ3v) is 7.36. The summed E-state index contributed by atoms with van der Waals surface area (Å²) in [7, 11) is -4.21. The quantitative estimate of drug-likeness (QED) is 0.369. The lowest BCUT2D eigenvalue weighted by Crippen LogP contribution is -2.42. The van der Waals surface area contributed by atoms with Gasteiger partial charge in [-0.25, -0.2) is 12.8 Å². The van der Waals surface area contributed by atoms with Crippen LogP contribution >= 0.6 is 0 Å². The molecule has 0 radical (unpaired) electrons. The van der Waals surface area contributed by atoms with Crippen LogP contribution in [0.3, 0.4) is 0 Å². The van der Waals surface area contributed by atoms with E-state index >= 15 is 0 Å². The highest BCUT2D eigenvalue weighted by Gasteiger charge is 2.30. The zero-order chi connectivity index (χ0) is 24.8. The molecule has 0 aliphatic rings. The van der Waals surface area contributed by atoms with Gasteiger partial charge in [-0.15, -0.1) is 0 Å². The molecule has 4 rings (SSSR count). The third kappa shape index (κ3) is 5.58. The molecular weight excluding hydrogens is 463 g/mol. The second kappa shape index (κ2) is 10.5. The van der Waals surface area contributed by atoms with Gasteiger partial charge in [0.25, 0.3) is 10.0 Å². The Morgan fingerprint density at radius 3 is 1.97 bits per heavy atom. The number of nitrogens with one attached hydrogen (secondary N) is 1. The molecule has 0 aliphatic heterocycles. The van der Waals surface area contributed by atoms with E-state index in [1.807, 2.05) is 61.5 Å². The van der Waals surface area contributed by atoms with Crippen molar-refractivity contribution in [1.29, 1.82) is 0 Å². The van der Waals surface area contributed by atoms with Crippen LogP contribution < -0.4 is 9.62 Å². The Kier molecular flexibility index (Phi) is 7.27. The van der Waals surface area contributed by atoms with E-state index in [1.54, 1.807) is 18.2 Å². The molecular formula is C28H25FN2O3S. The maximum atomic E-state index is 14.7. The number of amides is 1. The molecule has 4 aromatic rings. The van der Waals surface area contributed by atoms with E-state index in [4.69, 9.17) is 0 Å². The van der Waals surface area contributed by atoms with Gasteiger partial charge >= 0.3 is 0 Å². The Labute approximate surface area is 204 Å². The zero-order valence-electron chi connectivity index (χ0n) is 19.1. The topological polar surface area (TPSA) is 66.5 Å². The summed E-state index contributed by atoms with van der Waals surface area (Å²) in [5.41, 5.74) is 2.57. The van der Waals surface area contributed by atoms with Crippen LogP contribution in [0.2, 0.25) is 0 Å². The lowest BCUT2D eigenvalue weighted by atomic mass is 9.98. The van der Waals surface area contributed by atoms with Crippen LogP contribution in [0.25, 0.3) is 0 Å². The molecule has 0 bridgehead atoms. The minimum Gasteiger partial charge on any atom is -0.344 e. The van der Waals surface area contributed by atoms with Crippen molar-refractivity contribution in [3.8, 4) is 0 Å². The lowest BCUT2D eigenvalue weighted by Gasteiger charge is -2.26. The Morgan fingerprint density at radius 2 is 1.34 bits per heavy atom. The maximum Gasteiger partial charge on any atom is 0.264 e. The molecule has 35 heavy (non-hydrogen) atoms. The van der Waals surface area contributed by atoms with Gasteiger partial charge in [0, 0.05) is 0 Å². The van der Waals surface area contributed by atoms with Gasteiger partial charge in [0.05, 0.1) is 16.6 Å². The molecule has 7 heteroatoms. The Hall–Kier alpha value is -3.97. The van der Waals surface area contributed by atoms with E-state index in [0.717, 1.165) is 21.0 Å². The molecule has 4 aromatic carbocycles. The third-order valence-electron chi connectivity index (χ3n) is 5.59. The molecule has 0 heterocycles. The first-order valence-electron chi connectivity index (χ1n) is 11.1. The van der Waals surface area contributed by atoms with Crippen molar-refractivity contribution in [1.82, 2.24) is 5.32 Å². The van der Waals surface area contributed by atoms with Crippen molar-refractivity contribution in [3.05, 3.63) is 132 Å². The Morgan fingerprint density at radius 1 is 0.800 bits per heavy atom. The number of carbonyl (C=O) groups is 1. The van der Waals surface area contributed by atoms with Gasteiger partial charge in [0.1, 0.15) is 12.4 Å². The molecule has 0 unspecified atom stereocenters. The molecule has 1 atom stereocenters. The number of benzene rings is 4. The lowest BCUT2D eigenvalue weighted by molar-refractivity contribution is -0.120. The fraction of sp³-hybridized carbons (Fsp3) is 0.107. The van der Waals surface area contributed by atoms with Gasteiger partial charge in [-0.3, -0.25) is 9.10 Å². The highest BCUT2D eigenvalue weighted by atomic mass is 32.2. The molecule has 0 saturated carbocycles. The second-order valence-corrected chi connectivity index (χ2v) is 9.96. The molecule has 1 amide bonds. The van der Waals surface area contributed by atoms with Crippen LogP contribution in [0.15, 0.2) is 114 Å². The number of anilines is 1. The number of para-hydroxylation sites is 1. The monoisotopic (exact) mass is 488 g/mol. The minimum absolute atomic E-state index is 0.0332. The van der Waals surface area contributed by atoms with E-state index in [1.165, 1.54) is 36.4 Å². The summed E-state index contributed by atoms with van der Waals surface area (Å²) in [5, 5.41) is 2.94. The molecule has 0 aliphatic carbocycles. The Bertz CT molecular complexity index is 1390. The van der Waals surface area contributed by atoms with E-state index < -0.39 is 34.3 Å². The van der Waals surface area contributed by atoms with Crippen LogP contribution in [-0.4, -0.2) is 20.9 Å². The number of halogens is 1. The molecule has 0 fully saturated rings. The number of hydrogen-bond donors (Lipinski definition) is 1. The SMILES string of the molecule is Cc1ccc([C@@H](NC(=O)CN(c2ccccc2F)S(=O)(=O)c2ccccc2)c2ccccc2)cc1. The number of nitrogens with zero attached hydrogens (tertiary/aromatic N) is 1. The standard InChI is InChI=1S/C28H25FN2O3S/c1-21-16-18-23(19-17-21)28(22-10-4-2-5-11-22)30-27(32)20-31(26-15-9-8-14-25(26)29)35(33,34)24-12-6-3-7-13-24/h2-19,28H,20H2,1H3,(H,30,32)/t28-/m0/s1. The van der Waals surface area contributed by atoms with Gasteiger partial charge in [-0.2, -0.15) is 0 Å². The van der Waals surface area contributed by atoms with Crippen molar-refractivity contribution in [2.75, 3.05) is 10.8 Å². The summed E-state index contributed by atoms with van der Waals surface area (Å²) in [5.74, 6) is -1.31. The predicted octanol–water partition coefficient (Wildman–Crippen LogP) is 5.24. The number of rotatable bonds is 8. The predicted molar refractivity (Wildman–Crippen MR) is 135 cm³/mol. The van der Waals surface area contributed by atoms with Crippen molar-refractivity contribution in [2.24, 2.45) is 0 Å². The highest BCUT2D eigenvalue weighted by Crippen LogP contribution is 2.27. The van der Waals surface area contributed by atoms with Crippen molar-refractivity contribution < 1.29 is 17.6 Å². The number of hydrogen-bond acceptors (Lipinski definition) is 3. The summed E-state index contributed by atoms with van der Waals surface area (Å²) < 4.78 is 42.5. The van der Waals surface area contributed by atoms with Gasteiger partial charge in [0.15, 0.2) is 0 Å². The van der Waals surface area contributed by atoms with Crippen LogP contribution in [-0.2, 0) is 14.8 Å². The van der Waals surface area contributed by atoms with Crippen molar-refractivity contribution in [2.45, 2.75) is 17.9 Å². The fourth-order valence-electron chi connectivity index (χ4n) is 3.77. The number of aryl methyl sites for hydroxylation is 1. The summed E-state index contributed by atoms with van der Waals surface area (Å²) in [6.07, 6.45) is 0. The zero-order valence-corrected chi connectivity index (χ0v) is 20.0. The van der Waals surface area contributed by atoms with Crippen LogP contribution in [0.1, 0.15) is 22.7 Å². The molecule has 0 aromatic heterocycles. The molecule has 5 nitrogen and oxygen atoms in total. The van der Waals surface area contributed by atoms with E-state index in [0.29, 0.717) is 0 Å². The van der Waals surface area contributed by atoms with Gasteiger partial charge < -0.3 is 5.32 Å². The molecule has 178 valence electrons. The maximum absolute atomic E-state index is 14.7. The van der Waals surface area contributed by atoms with Crippen LogP contribution in [0, 0.1) is 12.7 Å². The van der Waals surface area contributed by atoms with E-state index in [-0.39, 0.29) is 10.6 Å². The first-order valence-corrected chi connectivity index (χ1v) is 12.5. The Balaban J connectivity index is 1.69. The smallest absolute Gasteiger partial charge is 0.264 e. The average Bonchev–Trinajstić information content (AvgIpc) is 2.88. The van der Waals surface area contributed by atoms with Gasteiger partial charge in [-0.05, 0) is 42.3 Å². The first-order chi connectivity index (χ1) is 16.9. The summed E-state index contributed by atoms with van der Waals surface area (Å²) >= 11 is 0. The van der Waals surface area contributed by atoms with Crippen LogP contribution in [0.4, 0.5) is 10.1 Å². The minimum atomic E-state index is -4.21. The first kappa shape index (κ1) is 24.2. The average molecular weight is 489 g/mol. The fourth-order valence-corrected chi connectivity index (χ4v) is 5.22. The molecule has 0 spiro atoms. The summed E-state index contributed by atoms with van der Waals surface area (Å²) in [6, 6.07) is 29.8. The second-order valence-electron chi connectivity index (χ2n) is 8.10. The van der Waals surface area contributed by atoms with Crippen molar-refractivity contribution >= 4 is 21.6 Å². The highest BCUT2D eigenvalue weighted by molar-refractivity contribution is 7.92. The summed E-state index contributed by atoms with van der Waals surface area (Å²) in [4.78, 5) is 13.3. The number of sulfonamides is 1. The van der Waals surface area contributed by atoms with E-state index in [2.05, 4.69) is 5.32 Å². The summed E-state index contributed by atoms with van der Waals surface area (Å²) in [6.45, 7) is 1.38. The van der Waals surface area contributed by atoms with Crippen molar-refractivity contribution in [3.63, 3.8) is 0 Å². The molecule has 1 N–H and O–H groups in total. The largest absolute Gasteiger partial charge is 0.344 e. The molecule has 0 saturated heterocycles. The normalized spacial score (nSPS) is 12.1. The van der Waals surface area contributed by atoms with E-state index in [9.17, 15) is 17.6 Å². The van der Waals surface area contributed by atoms with Gasteiger partial charge in [0.2, 0.25) is 5.91 Å². The van der Waals surface area contributed by atoms with Crippen LogP contribution in [0.5, 0.6) is 0 Å².